The molecule has 0 aromatic heterocycles. The summed E-state index contributed by atoms with van der Waals surface area (Å²) in [7, 11) is 3.12. The van der Waals surface area contributed by atoms with Crippen molar-refractivity contribution < 1.29 is 19.1 Å². The van der Waals surface area contributed by atoms with Crippen molar-refractivity contribution in [3.05, 3.63) is 95.6 Å². The zero-order chi connectivity index (χ0) is 20.6. The van der Waals surface area contributed by atoms with E-state index in [0.717, 1.165) is 5.56 Å². The molecule has 0 bridgehead atoms. The van der Waals surface area contributed by atoms with Gasteiger partial charge in [0.05, 0.1) is 19.9 Å². The standard InChI is InChI=1S/C24H21NO4/c1-28-21-14-12-17(16-22(21)29-2)13-15-23(26)25-20-11-7-6-10-19(20)24(27)18-8-4-3-5-9-18/h3-16H,1-2H3,(H,25,26). The van der Waals surface area contributed by atoms with Gasteiger partial charge in [0.2, 0.25) is 5.91 Å². The highest BCUT2D eigenvalue weighted by atomic mass is 16.5. The zero-order valence-corrected chi connectivity index (χ0v) is 16.2. The molecule has 0 atom stereocenters. The number of methoxy groups -OCH3 is 2. The molecule has 0 aliphatic carbocycles. The fraction of sp³-hybridized carbons (Fsp3) is 0.0833. The van der Waals surface area contributed by atoms with Crippen LogP contribution in [0.1, 0.15) is 21.5 Å². The van der Waals surface area contributed by atoms with Crippen LogP contribution in [0.2, 0.25) is 0 Å². The largest absolute Gasteiger partial charge is 0.493 e. The summed E-state index contributed by atoms with van der Waals surface area (Å²) in [6, 6.07) is 21.3. The van der Waals surface area contributed by atoms with E-state index in [1.54, 1.807) is 81.0 Å². The third kappa shape index (κ3) is 4.90. The summed E-state index contributed by atoms with van der Waals surface area (Å²) in [6.45, 7) is 0. The molecule has 0 fully saturated rings. The Morgan fingerprint density at radius 3 is 2.24 bits per heavy atom. The number of benzene rings is 3. The number of ketones is 1. The number of carbonyl (C=O) groups is 2. The second-order valence-electron chi connectivity index (χ2n) is 6.18. The van der Waals surface area contributed by atoms with Crippen LogP contribution in [-0.2, 0) is 4.79 Å². The lowest BCUT2D eigenvalue weighted by molar-refractivity contribution is -0.111. The molecule has 146 valence electrons. The van der Waals surface area contributed by atoms with E-state index in [4.69, 9.17) is 9.47 Å². The van der Waals surface area contributed by atoms with Gasteiger partial charge in [-0.05, 0) is 35.9 Å². The lowest BCUT2D eigenvalue weighted by atomic mass is 10.0. The Bertz CT molecular complexity index is 1040. The van der Waals surface area contributed by atoms with E-state index in [1.807, 2.05) is 12.1 Å². The SMILES string of the molecule is COc1ccc(C=CC(=O)Nc2ccccc2C(=O)c2ccccc2)cc1OC. The van der Waals surface area contributed by atoms with Gasteiger partial charge in [0.1, 0.15) is 0 Å². The van der Waals surface area contributed by atoms with Crippen molar-refractivity contribution in [2.45, 2.75) is 0 Å². The van der Waals surface area contributed by atoms with E-state index in [9.17, 15) is 9.59 Å². The number of rotatable bonds is 7. The summed E-state index contributed by atoms with van der Waals surface area (Å²) in [5, 5.41) is 2.78. The van der Waals surface area contributed by atoms with Crippen molar-refractivity contribution in [1.82, 2.24) is 0 Å². The van der Waals surface area contributed by atoms with Crippen LogP contribution in [0.15, 0.2) is 78.9 Å². The van der Waals surface area contributed by atoms with Gasteiger partial charge in [-0.2, -0.15) is 0 Å². The second kappa shape index (κ2) is 9.37. The van der Waals surface area contributed by atoms with Crippen LogP contribution < -0.4 is 14.8 Å². The maximum atomic E-state index is 12.8. The highest BCUT2D eigenvalue weighted by molar-refractivity contribution is 6.14. The maximum Gasteiger partial charge on any atom is 0.248 e. The van der Waals surface area contributed by atoms with Gasteiger partial charge in [0, 0.05) is 17.2 Å². The van der Waals surface area contributed by atoms with Crippen molar-refractivity contribution in [2.24, 2.45) is 0 Å². The van der Waals surface area contributed by atoms with Crippen LogP contribution in [-0.4, -0.2) is 25.9 Å². The second-order valence-corrected chi connectivity index (χ2v) is 6.18. The van der Waals surface area contributed by atoms with Crippen LogP contribution >= 0.6 is 0 Å². The van der Waals surface area contributed by atoms with Gasteiger partial charge in [-0.15, -0.1) is 0 Å². The Morgan fingerprint density at radius 2 is 1.52 bits per heavy atom. The van der Waals surface area contributed by atoms with Crippen LogP contribution in [0.3, 0.4) is 0 Å². The summed E-state index contributed by atoms with van der Waals surface area (Å²) in [6.07, 6.45) is 3.07. The third-order valence-electron chi connectivity index (χ3n) is 4.30. The van der Waals surface area contributed by atoms with Crippen molar-refractivity contribution in [1.29, 1.82) is 0 Å². The summed E-state index contributed by atoms with van der Waals surface area (Å²) >= 11 is 0. The van der Waals surface area contributed by atoms with Gasteiger partial charge in [-0.1, -0.05) is 48.5 Å². The Morgan fingerprint density at radius 1 is 0.828 bits per heavy atom. The molecule has 0 aliphatic heterocycles. The van der Waals surface area contributed by atoms with Crippen molar-refractivity contribution in [3.8, 4) is 11.5 Å². The van der Waals surface area contributed by atoms with Crippen LogP contribution in [0, 0.1) is 0 Å². The summed E-state index contributed by atoms with van der Waals surface area (Å²) < 4.78 is 10.5. The van der Waals surface area contributed by atoms with Crippen LogP contribution in [0.25, 0.3) is 6.08 Å². The molecule has 0 saturated carbocycles. The highest BCUT2D eigenvalue weighted by Crippen LogP contribution is 2.28. The average Bonchev–Trinajstić information content (AvgIpc) is 2.78. The Labute approximate surface area is 169 Å². The van der Waals surface area contributed by atoms with Crippen molar-refractivity contribution in [2.75, 3.05) is 19.5 Å². The van der Waals surface area contributed by atoms with E-state index < -0.39 is 0 Å². The van der Waals surface area contributed by atoms with Gasteiger partial charge >= 0.3 is 0 Å². The molecule has 0 unspecified atom stereocenters. The first kappa shape index (κ1) is 19.9. The number of anilines is 1. The Hall–Kier alpha value is -3.86. The van der Waals surface area contributed by atoms with Gasteiger partial charge < -0.3 is 14.8 Å². The monoisotopic (exact) mass is 387 g/mol. The molecule has 3 rings (SSSR count). The number of amides is 1. The summed E-state index contributed by atoms with van der Waals surface area (Å²) in [5.41, 5.74) is 2.25. The minimum atomic E-state index is -0.340. The number of ether oxygens (including phenoxy) is 2. The minimum Gasteiger partial charge on any atom is -0.493 e. The molecule has 0 heterocycles. The Kier molecular flexibility index (Phi) is 6.43. The molecular weight excluding hydrogens is 366 g/mol. The number of para-hydroxylation sites is 1. The lowest BCUT2D eigenvalue weighted by Gasteiger charge is -2.09. The Balaban J connectivity index is 1.76. The zero-order valence-electron chi connectivity index (χ0n) is 16.2. The van der Waals surface area contributed by atoms with E-state index in [-0.39, 0.29) is 11.7 Å². The normalized spacial score (nSPS) is 10.6. The average molecular weight is 387 g/mol. The van der Waals surface area contributed by atoms with Crippen LogP contribution in [0.5, 0.6) is 11.5 Å². The molecule has 0 radical (unpaired) electrons. The van der Waals surface area contributed by atoms with Crippen molar-refractivity contribution >= 4 is 23.5 Å². The molecule has 0 spiro atoms. The first-order valence-electron chi connectivity index (χ1n) is 9.02. The molecule has 1 N–H and O–H groups in total. The van der Waals surface area contributed by atoms with E-state index >= 15 is 0 Å². The van der Waals surface area contributed by atoms with Gasteiger partial charge in [0.25, 0.3) is 0 Å². The minimum absolute atomic E-state index is 0.148. The lowest BCUT2D eigenvalue weighted by Crippen LogP contribution is -2.12. The first-order valence-corrected chi connectivity index (χ1v) is 9.02. The smallest absolute Gasteiger partial charge is 0.248 e. The fourth-order valence-electron chi connectivity index (χ4n) is 2.84. The van der Waals surface area contributed by atoms with Gasteiger partial charge in [-0.25, -0.2) is 0 Å². The van der Waals surface area contributed by atoms with Gasteiger partial charge in [0.15, 0.2) is 17.3 Å². The summed E-state index contributed by atoms with van der Waals surface area (Å²) in [5.74, 6) is 0.704. The molecule has 5 nitrogen and oxygen atoms in total. The molecule has 0 aliphatic rings. The maximum absolute atomic E-state index is 12.8. The summed E-state index contributed by atoms with van der Waals surface area (Å²) in [4.78, 5) is 25.2. The van der Waals surface area contributed by atoms with E-state index in [2.05, 4.69) is 5.32 Å². The van der Waals surface area contributed by atoms with E-state index in [0.29, 0.717) is 28.3 Å². The number of nitrogens with one attached hydrogen (secondary N) is 1. The van der Waals surface area contributed by atoms with Crippen LogP contribution in [0.4, 0.5) is 5.69 Å². The molecule has 3 aromatic rings. The molecule has 3 aromatic carbocycles. The highest BCUT2D eigenvalue weighted by Gasteiger charge is 2.14. The third-order valence-corrected chi connectivity index (χ3v) is 4.30. The molecule has 29 heavy (non-hydrogen) atoms. The predicted molar refractivity (Wildman–Crippen MR) is 114 cm³/mol. The number of hydrogen-bond acceptors (Lipinski definition) is 4. The fourth-order valence-corrected chi connectivity index (χ4v) is 2.84. The molecule has 5 heteroatoms. The molecule has 0 saturated heterocycles. The van der Waals surface area contributed by atoms with Gasteiger partial charge in [-0.3, -0.25) is 9.59 Å². The topological polar surface area (TPSA) is 64.6 Å². The number of carbonyl (C=O) groups excluding carboxylic acids is 2. The predicted octanol–water partition coefficient (Wildman–Crippen LogP) is 4.59. The first-order chi connectivity index (χ1) is 14.1. The molecule has 1 amide bonds. The van der Waals surface area contributed by atoms with Crippen molar-refractivity contribution in [3.63, 3.8) is 0 Å². The number of hydrogen-bond donors (Lipinski definition) is 1. The van der Waals surface area contributed by atoms with E-state index in [1.165, 1.54) is 6.08 Å². The quantitative estimate of drug-likeness (QED) is 0.476. The molecular formula is C24H21NO4.